The number of allylic oxidation sites excluding steroid dienone is 2. The molecule has 0 atom stereocenters. The minimum Gasteiger partial charge on any atom is -0.659 e. The molecule has 0 amide bonds. The topological polar surface area (TPSA) is 20.6 Å². The second kappa shape index (κ2) is 37.2. The molecule has 0 aromatic heterocycles. The normalized spacial score (nSPS) is 14.3. The van der Waals surface area contributed by atoms with Crippen molar-refractivity contribution < 1.29 is 103 Å². The summed E-state index contributed by atoms with van der Waals surface area (Å²) in [5.41, 5.74) is 0. The molecule has 0 aliphatic carbocycles. The van der Waals surface area contributed by atoms with Crippen LogP contribution >= 0.6 is 0 Å². The molecule has 0 saturated carbocycles. The molecule has 0 spiro atoms. The van der Waals surface area contributed by atoms with Crippen LogP contribution in [0.2, 0.25) is 0 Å². The third-order valence-corrected chi connectivity index (χ3v) is 2.95. The molecule has 2 fully saturated rings. The Kier molecular flexibility index (Phi) is 75.5. The standard InChI is InChI=1S/C7H13N2.C7H13N.CH4.3CH3.2V.2Y/c1-2-5-9-6-3-8-4-7-9;1-2-5-8-6-3-4-7-8;;;;;;;;/h2,5H,3-4,6-7H2,1H3;2,5H,3-4,6-7H2,1H3;1H4;3*1H3;;;;/q-1;;;3*-1;;;;. The predicted molar refractivity (Wildman–Crippen MR) is 101 cm³/mol. The molecule has 146 valence electrons. The third kappa shape index (κ3) is 28.7. The SMILES string of the molecule is C.CC=CN1CCCC1.CC=CN1CC[N-]CC1.[CH3-].[CH3-].[CH3-].[V].[V].[Y].[Y]. The van der Waals surface area contributed by atoms with Gasteiger partial charge in [-0.15, -0.1) is 13.1 Å². The van der Waals surface area contributed by atoms with Crippen LogP contribution in [0.5, 0.6) is 0 Å². The van der Waals surface area contributed by atoms with Gasteiger partial charge in [0.15, 0.2) is 0 Å². The van der Waals surface area contributed by atoms with Gasteiger partial charge in [0, 0.05) is 116 Å². The molecule has 2 aliphatic heterocycles. The van der Waals surface area contributed by atoms with Gasteiger partial charge in [-0.1, -0.05) is 19.6 Å². The molecule has 2 aliphatic rings. The fourth-order valence-electron chi connectivity index (χ4n) is 2.08. The molecule has 0 N–H and O–H groups in total. The van der Waals surface area contributed by atoms with Crippen LogP contribution in [0.3, 0.4) is 0 Å². The average Bonchev–Trinajstić information content (AvgIpc) is 2.85. The van der Waals surface area contributed by atoms with E-state index in [1.807, 2.05) is 6.92 Å². The van der Waals surface area contributed by atoms with Crippen molar-refractivity contribution in [1.82, 2.24) is 9.80 Å². The van der Waals surface area contributed by atoms with Crippen molar-refractivity contribution in [2.75, 3.05) is 39.3 Å². The van der Waals surface area contributed by atoms with Crippen LogP contribution in [0, 0.1) is 22.3 Å². The predicted octanol–water partition coefficient (Wildman–Crippen LogP) is 4.80. The molecule has 4 radical (unpaired) electrons. The first-order chi connectivity index (χ1) is 8.36. The van der Waals surface area contributed by atoms with Gasteiger partial charge in [0.1, 0.15) is 0 Å². The summed E-state index contributed by atoms with van der Waals surface area (Å²) in [6.45, 7) is 10.9. The van der Waals surface area contributed by atoms with Crippen LogP contribution in [0.25, 0.3) is 5.32 Å². The minimum atomic E-state index is 0. The summed E-state index contributed by atoms with van der Waals surface area (Å²) in [5.74, 6) is 0. The van der Waals surface area contributed by atoms with E-state index in [1.54, 1.807) is 0 Å². The Labute approximate surface area is 234 Å². The van der Waals surface area contributed by atoms with Gasteiger partial charge in [-0.25, -0.2) is 0 Å². The number of nitrogens with zero attached hydrogens (tertiary/aromatic N) is 3. The van der Waals surface area contributed by atoms with Gasteiger partial charge in [-0.05, 0) is 52.2 Å². The maximum atomic E-state index is 4.23. The summed E-state index contributed by atoms with van der Waals surface area (Å²) >= 11 is 0. The summed E-state index contributed by atoms with van der Waals surface area (Å²) in [7, 11) is 0. The Morgan fingerprint density at radius 1 is 0.680 bits per heavy atom. The van der Waals surface area contributed by atoms with Crippen molar-refractivity contribution in [3.8, 4) is 0 Å². The molecule has 0 bridgehead atoms. The Morgan fingerprint density at radius 3 is 1.32 bits per heavy atom. The Morgan fingerprint density at radius 2 is 1.00 bits per heavy atom. The van der Waals surface area contributed by atoms with Crippen molar-refractivity contribution in [2.45, 2.75) is 34.1 Å². The van der Waals surface area contributed by atoms with E-state index in [1.165, 1.54) is 25.9 Å². The van der Waals surface area contributed by atoms with E-state index in [2.05, 4.69) is 46.6 Å². The van der Waals surface area contributed by atoms with E-state index in [9.17, 15) is 0 Å². The zero-order valence-electron chi connectivity index (χ0n) is 16.4. The van der Waals surface area contributed by atoms with Gasteiger partial charge in [-0.2, -0.15) is 0 Å². The van der Waals surface area contributed by atoms with Crippen LogP contribution in [0.4, 0.5) is 0 Å². The molecule has 2 saturated heterocycles. The van der Waals surface area contributed by atoms with Crippen LogP contribution < -0.4 is 0 Å². The van der Waals surface area contributed by atoms with E-state index < -0.39 is 0 Å². The van der Waals surface area contributed by atoms with E-state index in [4.69, 9.17) is 0 Å². The number of likely N-dealkylation sites (tertiary alicyclic amines) is 1. The largest absolute Gasteiger partial charge is 0.659 e. The number of hydrogen-bond acceptors (Lipinski definition) is 2. The smallest absolute Gasteiger partial charge is 0.0173 e. The number of hydrogen-bond donors (Lipinski definition) is 0. The molecule has 3 nitrogen and oxygen atoms in total. The van der Waals surface area contributed by atoms with Gasteiger partial charge in [-0.3, -0.25) is 0 Å². The first-order valence-electron chi connectivity index (χ1n) is 6.74. The number of rotatable bonds is 2. The van der Waals surface area contributed by atoms with Gasteiger partial charge in [0.05, 0.1) is 0 Å². The van der Waals surface area contributed by atoms with Gasteiger partial charge < -0.3 is 37.4 Å². The second-order valence-electron chi connectivity index (χ2n) is 4.41. The van der Waals surface area contributed by atoms with Gasteiger partial charge in [0.2, 0.25) is 0 Å². The van der Waals surface area contributed by atoms with E-state index in [-0.39, 0.29) is 132 Å². The Balaban J connectivity index is -0.0000000293. The Hall–Kier alpha value is 2.42. The molecular weight excluding hydrogens is 538 g/mol. The number of piperazine rings is 1. The zero-order chi connectivity index (χ0) is 12.3. The molecular formula is C18H39N3V2Y2-4. The van der Waals surface area contributed by atoms with E-state index in [0.29, 0.717) is 0 Å². The summed E-state index contributed by atoms with van der Waals surface area (Å²) in [5, 5.41) is 4.23. The van der Waals surface area contributed by atoms with Gasteiger partial charge in [0.25, 0.3) is 0 Å². The van der Waals surface area contributed by atoms with Crippen LogP contribution in [-0.2, 0) is 103 Å². The van der Waals surface area contributed by atoms with E-state index in [0.717, 1.165) is 26.2 Å². The maximum Gasteiger partial charge on any atom is 0.0173 e. The van der Waals surface area contributed by atoms with Crippen LogP contribution in [0.15, 0.2) is 24.6 Å². The van der Waals surface area contributed by atoms with E-state index >= 15 is 0 Å². The quantitative estimate of drug-likeness (QED) is 0.440. The summed E-state index contributed by atoms with van der Waals surface area (Å²) < 4.78 is 0. The fraction of sp³-hybridized carbons (Fsp3) is 0.611. The minimum absolute atomic E-state index is 0. The summed E-state index contributed by atoms with van der Waals surface area (Å²) in [6, 6.07) is 0. The maximum absolute atomic E-state index is 4.23. The average molecular weight is 577 g/mol. The summed E-state index contributed by atoms with van der Waals surface area (Å²) in [6.07, 6.45) is 11.2. The van der Waals surface area contributed by atoms with Crippen molar-refractivity contribution in [3.63, 3.8) is 0 Å². The van der Waals surface area contributed by atoms with Crippen LogP contribution in [-0.4, -0.2) is 49.1 Å². The third-order valence-electron chi connectivity index (χ3n) is 2.95. The molecule has 0 unspecified atom stereocenters. The zero-order valence-corrected chi connectivity index (χ0v) is 24.8. The molecule has 0 aromatic carbocycles. The van der Waals surface area contributed by atoms with Crippen LogP contribution in [0.1, 0.15) is 34.1 Å². The first kappa shape index (κ1) is 50.7. The molecule has 2 heterocycles. The van der Waals surface area contributed by atoms with Crippen molar-refractivity contribution >= 4 is 0 Å². The molecule has 0 aromatic rings. The monoisotopic (exact) mass is 577 g/mol. The molecule has 25 heavy (non-hydrogen) atoms. The fourth-order valence-corrected chi connectivity index (χ4v) is 2.08. The summed E-state index contributed by atoms with van der Waals surface area (Å²) in [4.78, 5) is 4.66. The van der Waals surface area contributed by atoms with Gasteiger partial charge >= 0.3 is 0 Å². The molecule has 2 rings (SSSR count). The van der Waals surface area contributed by atoms with Crippen molar-refractivity contribution in [1.29, 1.82) is 0 Å². The second-order valence-corrected chi connectivity index (χ2v) is 4.41. The van der Waals surface area contributed by atoms with Crippen molar-refractivity contribution in [2.24, 2.45) is 0 Å². The Bertz CT molecular complexity index is 244. The first-order valence-corrected chi connectivity index (χ1v) is 6.74. The molecule has 7 heteroatoms. The van der Waals surface area contributed by atoms with Crippen molar-refractivity contribution in [3.05, 3.63) is 52.1 Å².